The van der Waals surface area contributed by atoms with E-state index in [9.17, 15) is 4.79 Å². The van der Waals surface area contributed by atoms with E-state index in [1.165, 1.54) is 0 Å². The highest BCUT2D eigenvalue weighted by atomic mass is 79.9. The van der Waals surface area contributed by atoms with Gasteiger partial charge in [-0.3, -0.25) is 4.79 Å². The highest BCUT2D eigenvalue weighted by Crippen LogP contribution is 2.18. The Kier molecular flexibility index (Phi) is 3.21. The van der Waals surface area contributed by atoms with Crippen molar-refractivity contribution in [3.05, 3.63) is 40.4 Å². The van der Waals surface area contributed by atoms with E-state index < -0.39 is 0 Å². The summed E-state index contributed by atoms with van der Waals surface area (Å²) in [6.07, 6.45) is 5.65. The summed E-state index contributed by atoms with van der Waals surface area (Å²) in [5.74, 6) is 0.000388. The number of hydrogen-bond acceptors (Lipinski definition) is 1. The lowest BCUT2D eigenvalue weighted by Crippen LogP contribution is -2.22. The van der Waals surface area contributed by atoms with Crippen molar-refractivity contribution >= 4 is 27.9 Å². The van der Waals surface area contributed by atoms with Crippen LogP contribution in [0.4, 0.5) is 0 Å². The second-order valence-corrected chi connectivity index (χ2v) is 4.58. The molecule has 1 saturated carbocycles. The van der Waals surface area contributed by atoms with Crippen LogP contribution in [0.25, 0.3) is 6.08 Å². The lowest BCUT2D eigenvalue weighted by atomic mass is 10.2. The summed E-state index contributed by atoms with van der Waals surface area (Å²) in [6.45, 7) is 0. The van der Waals surface area contributed by atoms with E-state index in [4.69, 9.17) is 0 Å². The standard InChI is InChI=1S/C12H12BrNO/c13-10-4-1-9(2-5-10)3-8-12(15)14-11-6-7-11/h1-5,8,11H,6-7H2,(H,14,15). The van der Waals surface area contributed by atoms with Gasteiger partial charge in [0.15, 0.2) is 0 Å². The average molecular weight is 266 g/mol. The SMILES string of the molecule is O=C(C=Cc1ccc(Br)cc1)NC1CC1. The molecule has 1 fully saturated rings. The monoisotopic (exact) mass is 265 g/mol. The van der Waals surface area contributed by atoms with Crippen LogP contribution in [0, 0.1) is 0 Å². The Morgan fingerprint density at radius 3 is 2.60 bits per heavy atom. The Labute approximate surface area is 97.5 Å². The van der Waals surface area contributed by atoms with Crippen molar-refractivity contribution in [2.75, 3.05) is 0 Å². The van der Waals surface area contributed by atoms with Crippen LogP contribution in [0.3, 0.4) is 0 Å². The van der Waals surface area contributed by atoms with Crippen LogP contribution < -0.4 is 5.32 Å². The van der Waals surface area contributed by atoms with Gasteiger partial charge >= 0.3 is 0 Å². The van der Waals surface area contributed by atoms with Crippen LogP contribution in [0.1, 0.15) is 18.4 Å². The van der Waals surface area contributed by atoms with Gasteiger partial charge in [0.05, 0.1) is 0 Å². The Morgan fingerprint density at radius 2 is 2.00 bits per heavy atom. The zero-order chi connectivity index (χ0) is 10.7. The van der Waals surface area contributed by atoms with Gasteiger partial charge in [-0.05, 0) is 36.6 Å². The highest BCUT2D eigenvalue weighted by molar-refractivity contribution is 9.10. The Morgan fingerprint density at radius 1 is 1.33 bits per heavy atom. The molecule has 1 aromatic rings. The summed E-state index contributed by atoms with van der Waals surface area (Å²) in [7, 11) is 0. The van der Waals surface area contributed by atoms with Gasteiger partial charge in [0.2, 0.25) is 5.91 Å². The van der Waals surface area contributed by atoms with Gasteiger partial charge in [-0.2, -0.15) is 0 Å². The number of amides is 1. The number of benzene rings is 1. The van der Waals surface area contributed by atoms with Crippen molar-refractivity contribution in [1.82, 2.24) is 5.32 Å². The number of carbonyl (C=O) groups is 1. The Balaban J connectivity index is 1.91. The van der Waals surface area contributed by atoms with E-state index in [1.54, 1.807) is 6.08 Å². The van der Waals surface area contributed by atoms with Crippen LogP contribution in [0.2, 0.25) is 0 Å². The van der Waals surface area contributed by atoms with Gasteiger partial charge in [-0.15, -0.1) is 0 Å². The molecule has 0 unspecified atom stereocenters. The molecule has 0 bridgehead atoms. The molecule has 1 aliphatic carbocycles. The van der Waals surface area contributed by atoms with Crippen molar-refractivity contribution in [1.29, 1.82) is 0 Å². The van der Waals surface area contributed by atoms with E-state index in [1.807, 2.05) is 30.3 Å². The third-order valence-corrected chi connectivity index (χ3v) is 2.75. The molecule has 0 aliphatic heterocycles. The molecular formula is C12H12BrNO. The number of hydrogen-bond donors (Lipinski definition) is 1. The van der Waals surface area contributed by atoms with Crippen LogP contribution >= 0.6 is 15.9 Å². The first-order valence-corrected chi connectivity index (χ1v) is 5.77. The number of halogens is 1. The van der Waals surface area contributed by atoms with Gasteiger partial charge in [0, 0.05) is 16.6 Å². The third-order valence-electron chi connectivity index (χ3n) is 2.22. The van der Waals surface area contributed by atoms with Gasteiger partial charge in [-0.1, -0.05) is 28.1 Å². The maximum absolute atomic E-state index is 11.3. The van der Waals surface area contributed by atoms with Crippen molar-refractivity contribution in [2.45, 2.75) is 18.9 Å². The first kappa shape index (κ1) is 10.4. The number of rotatable bonds is 3. The fourth-order valence-corrected chi connectivity index (χ4v) is 1.49. The topological polar surface area (TPSA) is 29.1 Å². The van der Waals surface area contributed by atoms with Gasteiger partial charge in [0.25, 0.3) is 0 Å². The molecule has 2 nitrogen and oxygen atoms in total. The van der Waals surface area contributed by atoms with Gasteiger partial charge in [0.1, 0.15) is 0 Å². The average Bonchev–Trinajstić information content (AvgIpc) is 3.01. The molecule has 1 N–H and O–H groups in total. The highest BCUT2D eigenvalue weighted by Gasteiger charge is 2.21. The predicted molar refractivity (Wildman–Crippen MR) is 64.3 cm³/mol. The molecule has 1 aromatic carbocycles. The third kappa shape index (κ3) is 3.51. The largest absolute Gasteiger partial charge is 0.350 e. The quantitative estimate of drug-likeness (QED) is 0.837. The van der Waals surface area contributed by atoms with Crippen LogP contribution in [-0.2, 0) is 4.79 Å². The van der Waals surface area contributed by atoms with Crippen molar-refractivity contribution in [2.24, 2.45) is 0 Å². The molecule has 0 saturated heterocycles. The number of nitrogens with one attached hydrogen (secondary N) is 1. The first-order valence-electron chi connectivity index (χ1n) is 4.98. The zero-order valence-corrected chi connectivity index (χ0v) is 9.83. The van der Waals surface area contributed by atoms with Crippen molar-refractivity contribution in [3.8, 4) is 0 Å². The fourth-order valence-electron chi connectivity index (χ4n) is 1.22. The molecule has 3 heteroatoms. The van der Waals surface area contributed by atoms with Crippen LogP contribution in [0.5, 0.6) is 0 Å². The summed E-state index contributed by atoms with van der Waals surface area (Å²) in [4.78, 5) is 11.3. The second kappa shape index (κ2) is 4.62. The van der Waals surface area contributed by atoms with E-state index in [0.29, 0.717) is 6.04 Å². The number of carbonyl (C=O) groups excluding carboxylic acids is 1. The molecule has 15 heavy (non-hydrogen) atoms. The Hall–Kier alpha value is -1.09. The molecule has 0 spiro atoms. The molecule has 1 amide bonds. The van der Waals surface area contributed by atoms with E-state index in [2.05, 4.69) is 21.2 Å². The minimum atomic E-state index is 0.000388. The maximum atomic E-state index is 11.3. The lowest BCUT2D eigenvalue weighted by Gasteiger charge is -1.97. The van der Waals surface area contributed by atoms with Crippen molar-refractivity contribution < 1.29 is 4.79 Å². The molecule has 2 rings (SSSR count). The molecule has 0 heterocycles. The normalized spacial score (nSPS) is 15.5. The van der Waals surface area contributed by atoms with Crippen LogP contribution in [-0.4, -0.2) is 11.9 Å². The van der Waals surface area contributed by atoms with Crippen LogP contribution in [0.15, 0.2) is 34.8 Å². The smallest absolute Gasteiger partial charge is 0.244 e. The minimum Gasteiger partial charge on any atom is -0.350 e. The summed E-state index contributed by atoms with van der Waals surface area (Å²) in [5, 5.41) is 2.90. The fraction of sp³-hybridized carbons (Fsp3) is 0.250. The van der Waals surface area contributed by atoms with Gasteiger partial charge in [-0.25, -0.2) is 0 Å². The van der Waals surface area contributed by atoms with Crippen molar-refractivity contribution in [3.63, 3.8) is 0 Å². The molecule has 1 aliphatic rings. The molecule has 0 radical (unpaired) electrons. The molecule has 0 atom stereocenters. The molecule has 0 aromatic heterocycles. The summed E-state index contributed by atoms with van der Waals surface area (Å²) >= 11 is 3.36. The second-order valence-electron chi connectivity index (χ2n) is 3.67. The summed E-state index contributed by atoms with van der Waals surface area (Å²) < 4.78 is 1.04. The first-order chi connectivity index (χ1) is 7.24. The molecular weight excluding hydrogens is 254 g/mol. The Bertz CT molecular complexity index is 379. The van der Waals surface area contributed by atoms with E-state index in [-0.39, 0.29) is 5.91 Å². The summed E-state index contributed by atoms with van der Waals surface area (Å²) in [6, 6.07) is 8.26. The van der Waals surface area contributed by atoms with E-state index in [0.717, 1.165) is 22.9 Å². The lowest BCUT2D eigenvalue weighted by molar-refractivity contribution is -0.116. The maximum Gasteiger partial charge on any atom is 0.244 e. The molecule has 78 valence electrons. The predicted octanol–water partition coefficient (Wildman–Crippen LogP) is 2.74. The minimum absolute atomic E-state index is 0.000388. The summed E-state index contributed by atoms with van der Waals surface area (Å²) in [5.41, 5.74) is 1.03. The zero-order valence-electron chi connectivity index (χ0n) is 8.24. The van der Waals surface area contributed by atoms with Gasteiger partial charge < -0.3 is 5.32 Å². The van der Waals surface area contributed by atoms with E-state index >= 15 is 0 Å².